The monoisotopic (exact) mass is 274 g/mol. The topological polar surface area (TPSA) is 54.6 Å². The normalized spacial score (nSPS) is 10.7. The fourth-order valence-corrected chi connectivity index (χ4v) is 2.00. The molecule has 0 aliphatic heterocycles. The second-order valence-corrected chi connectivity index (χ2v) is 3.97. The van der Waals surface area contributed by atoms with E-state index in [9.17, 15) is 4.79 Å². The molecule has 72 valence electrons. The van der Waals surface area contributed by atoms with Gasteiger partial charge in [0.05, 0.1) is 11.2 Å². The molecule has 6 heteroatoms. The van der Waals surface area contributed by atoms with Crippen molar-refractivity contribution in [2.45, 2.75) is 0 Å². The Morgan fingerprint density at radius 3 is 3.00 bits per heavy atom. The second-order valence-electron chi connectivity index (χ2n) is 2.65. The van der Waals surface area contributed by atoms with Crippen LogP contribution in [0.1, 0.15) is 10.5 Å². The molecule has 0 amide bonds. The smallest absolute Gasteiger partial charge is 0.354 e. The number of hydrogen-bond acceptors (Lipinski definition) is 2. The molecule has 2 aromatic heterocycles. The summed E-state index contributed by atoms with van der Waals surface area (Å²) in [6.45, 7) is 0. The summed E-state index contributed by atoms with van der Waals surface area (Å²) in [4.78, 5) is 14.7. The second kappa shape index (κ2) is 3.25. The van der Waals surface area contributed by atoms with Gasteiger partial charge in [0.2, 0.25) is 0 Å². The number of pyridine rings is 1. The van der Waals surface area contributed by atoms with Gasteiger partial charge in [-0.05, 0) is 22.0 Å². The van der Waals surface area contributed by atoms with Crippen LogP contribution in [-0.2, 0) is 0 Å². The van der Waals surface area contributed by atoms with Crippen LogP contribution >= 0.6 is 27.5 Å². The van der Waals surface area contributed by atoms with Gasteiger partial charge in [0, 0.05) is 10.7 Å². The summed E-state index contributed by atoms with van der Waals surface area (Å²) in [6.07, 6.45) is 2.88. The van der Waals surface area contributed by atoms with Crippen LogP contribution in [0.4, 0.5) is 0 Å². The van der Waals surface area contributed by atoms with Crippen molar-refractivity contribution in [3.8, 4) is 0 Å². The van der Waals surface area contributed by atoms with E-state index >= 15 is 0 Å². The van der Waals surface area contributed by atoms with E-state index in [1.54, 1.807) is 12.3 Å². The third-order valence-electron chi connectivity index (χ3n) is 1.75. The van der Waals surface area contributed by atoms with Crippen molar-refractivity contribution < 1.29 is 9.90 Å². The molecule has 2 heterocycles. The maximum atomic E-state index is 10.8. The average molecular weight is 275 g/mol. The number of carboxylic acids is 1. The van der Waals surface area contributed by atoms with Crippen LogP contribution in [0.15, 0.2) is 22.9 Å². The number of aromatic carboxylic acids is 1. The zero-order valence-corrected chi connectivity index (χ0v) is 9.08. The Bertz CT molecular complexity index is 523. The van der Waals surface area contributed by atoms with Crippen molar-refractivity contribution >= 4 is 39.1 Å². The van der Waals surface area contributed by atoms with E-state index in [1.165, 1.54) is 10.6 Å². The summed E-state index contributed by atoms with van der Waals surface area (Å²) in [5.41, 5.74) is 0.524. The van der Waals surface area contributed by atoms with Gasteiger partial charge < -0.3 is 5.11 Å². The number of carboxylic acid groups (broad SMARTS) is 1. The van der Waals surface area contributed by atoms with Crippen molar-refractivity contribution in [1.82, 2.24) is 9.38 Å². The molecule has 2 aromatic rings. The number of imidazole rings is 1. The number of carbonyl (C=O) groups is 1. The maximum absolute atomic E-state index is 10.8. The Labute approximate surface area is 92.3 Å². The highest BCUT2D eigenvalue weighted by Gasteiger charge is 2.12. The Hall–Kier alpha value is -1.07. The third-order valence-corrected chi connectivity index (χ3v) is 2.46. The predicted molar refractivity (Wildman–Crippen MR) is 54.9 cm³/mol. The molecule has 4 nitrogen and oxygen atoms in total. The van der Waals surface area contributed by atoms with Crippen LogP contribution in [-0.4, -0.2) is 20.5 Å². The zero-order chi connectivity index (χ0) is 10.3. The SMILES string of the molecule is O=C(O)c1cnc2c(Cl)cc(Br)cn12. The highest BCUT2D eigenvalue weighted by atomic mass is 79.9. The number of nitrogens with zero attached hydrogens (tertiary/aromatic N) is 2. The Kier molecular flexibility index (Phi) is 2.20. The maximum Gasteiger partial charge on any atom is 0.354 e. The number of aromatic nitrogens is 2. The quantitative estimate of drug-likeness (QED) is 0.870. The zero-order valence-electron chi connectivity index (χ0n) is 6.74. The van der Waals surface area contributed by atoms with Crippen LogP contribution in [0.25, 0.3) is 5.65 Å². The van der Waals surface area contributed by atoms with E-state index < -0.39 is 5.97 Å². The van der Waals surface area contributed by atoms with Gasteiger partial charge in [0.15, 0.2) is 11.3 Å². The predicted octanol–water partition coefficient (Wildman–Crippen LogP) is 2.45. The number of hydrogen-bond donors (Lipinski definition) is 1. The van der Waals surface area contributed by atoms with E-state index in [4.69, 9.17) is 16.7 Å². The van der Waals surface area contributed by atoms with Crippen LogP contribution in [0, 0.1) is 0 Å². The fourth-order valence-electron chi connectivity index (χ4n) is 1.17. The van der Waals surface area contributed by atoms with Gasteiger partial charge in [-0.3, -0.25) is 4.40 Å². The molecular formula is C8H4BrClN2O2. The molecule has 0 aromatic carbocycles. The Morgan fingerprint density at radius 1 is 1.64 bits per heavy atom. The summed E-state index contributed by atoms with van der Waals surface area (Å²) in [5.74, 6) is -1.04. The molecule has 0 aliphatic carbocycles. The van der Waals surface area contributed by atoms with Gasteiger partial charge in [0.1, 0.15) is 0 Å². The van der Waals surface area contributed by atoms with Gasteiger partial charge in [0.25, 0.3) is 0 Å². The minimum absolute atomic E-state index is 0.0863. The fraction of sp³-hybridized carbons (Fsp3) is 0. The van der Waals surface area contributed by atoms with E-state index in [1.807, 2.05) is 0 Å². The van der Waals surface area contributed by atoms with Crippen molar-refractivity contribution in [2.75, 3.05) is 0 Å². The molecule has 1 N–H and O–H groups in total. The lowest BCUT2D eigenvalue weighted by atomic mass is 10.4. The van der Waals surface area contributed by atoms with Crippen molar-refractivity contribution in [2.24, 2.45) is 0 Å². The highest BCUT2D eigenvalue weighted by Crippen LogP contribution is 2.22. The summed E-state index contributed by atoms with van der Waals surface area (Å²) in [6, 6.07) is 1.66. The van der Waals surface area contributed by atoms with Crippen molar-refractivity contribution in [3.63, 3.8) is 0 Å². The number of halogens is 2. The largest absolute Gasteiger partial charge is 0.477 e. The van der Waals surface area contributed by atoms with E-state index in [2.05, 4.69) is 20.9 Å². The van der Waals surface area contributed by atoms with Gasteiger partial charge in [-0.25, -0.2) is 9.78 Å². The summed E-state index contributed by atoms with van der Waals surface area (Å²) in [5, 5.41) is 9.24. The van der Waals surface area contributed by atoms with Crippen LogP contribution in [0.5, 0.6) is 0 Å². The molecule has 0 saturated heterocycles. The molecule has 0 bridgehead atoms. The molecule has 0 aliphatic rings. The van der Waals surface area contributed by atoms with Gasteiger partial charge in [-0.1, -0.05) is 11.6 Å². The molecular weight excluding hydrogens is 271 g/mol. The standard InChI is InChI=1S/C8H4BrClN2O2/c9-4-1-5(10)7-11-2-6(8(13)14)12(7)3-4/h1-3H,(H,13,14). The molecule has 0 spiro atoms. The first-order valence-electron chi connectivity index (χ1n) is 3.65. The highest BCUT2D eigenvalue weighted by molar-refractivity contribution is 9.10. The average Bonchev–Trinajstić information content (AvgIpc) is 2.47. The van der Waals surface area contributed by atoms with Crippen LogP contribution in [0.3, 0.4) is 0 Å². The minimum Gasteiger partial charge on any atom is -0.477 e. The van der Waals surface area contributed by atoms with E-state index in [0.717, 1.165) is 0 Å². The van der Waals surface area contributed by atoms with Crippen molar-refractivity contribution in [1.29, 1.82) is 0 Å². The Balaban J connectivity index is 2.85. The lowest BCUT2D eigenvalue weighted by molar-refractivity contribution is 0.0689. The molecule has 0 saturated carbocycles. The third kappa shape index (κ3) is 1.38. The molecule has 0 fully saturated rings. The van der Waals surface area contributed by atoms with E-state index in [-0.39, 0.29) is 5.69 Å². The summed E-state index contributed by atoms with van der Waals surface area (Å²) < 4.78 is 2.13. The molecule has 2 rings (SSSR count). The molecule has 0 atom stereocenters. The summed E-state index contributed by atoms with van der Waals surface area (Å²) in [7, 11) is 0. The first-order valence-corrected chi connectivity index (χ1v) is 4.82. The van der Waals surface area contributed by atoms with Gasteiger partial charge >= 0.3 is 5.97 Å². The number of rotatable bonds is 1. The van der Waals surface area contributed by atoms with Crippen LogP contribution in [0.2, 0.25) is 5.02 Å². The molecule has 0 unspecified atom stereocenters. The van der Waals surface area contributed by atoms with E-state index in [0.29, 0.717) is 15.1 Å². The number of fused-ring (bicyclic) bond motifs is 1. The lowest BCUT2D eigenvalue weighted by Gasteiger charge is -1.99. The Morgan fingerprint density at radius 2 is 2.36 bits per heavy atom. The van der Waals surface area contributed by atoms with Gasteiger partial charge in [-0.15, -0.1) is 0 Å². The van der Waals surface area contributed by atoms with Crippen LogP contribution < -0.4 is 0 Å². The first kappa shape index (κ1) is 9.48. The van der Waals surface area contributed by atoms with Gasteiger partial charge in [-0.2, -0.15) is 0 Å². The minimum atomic E-state index is -1.04. The summed E-state index contributed by atoms with van der Waals surface area (Å²) >= 11 is 9.10. The van der Waals surface area contributed by atoms with Crippen molar-refractivity contribution in [3.05, 3.63) is 33.6 Å². The first-order chi connectivity index (χ1) is 6.59. The molecule has 0 radical (unpaired) electrons. The molecule has 14 heavy (non-hydrogen) atoms. The lowest BCUT2D eigenvalue weighted by Crippen LogP contribution is -2.01.